The monoisotopic (exact) mass is 363 g/mol. The van der Waals surface area contributed by atoms with Crippen LogP contribution in [-0.4, -0.2) is 27.7 Å². The minimum Gasteiger partial charge on any atom is -0.322 e. The lowest BCUT2D eigenvalue weighted by molar-refractivity contribution is -0.121. The van der Waals surface area contributed by atoms with Crippen molar-refractivity contribution in [3.63, 3.8) is 0 Å². The maximum atomic E-state index is 13.1. The van der Waals surface area contributed by atoms with Gasteiger partial charge in [-0.1, -0.05) is 56.4 Å². The first-order valence-corrected chi connectivity index (χ1v) is 9.83. The molecule has 2 aliphatic rings. The summed E-state index contributed by atoms with van der Waals surface area (Å²) in [7, 11) is 0. The molecule has 1 atom stereocenters. The van der Waals surface area contributed by atoms with Crippen molar-refractivity contribution >= 4 is 17.6 Å². The lowest BCUT2D eigenvalue weighted by Gasteiger charge is -2.31. The molecule has 1 aliphatic heterocycles. The van der Waals surface area contributed by atoms with Gasteiger partial charge >= 0.3 is 0 Å². The van der Waals surface area contributed by atoms with Crippen molar-refractivity contribution in [1.82, 2.24) is 9.88 Å². The second-order valence-corrected chi connectivity index (χ2v) is 7.55. The third-order valence-corrected chi connectivity index (χ3v) is 5.73. The molecule has 1 aromatic carbocycles. The van der Waals surface area contributed by atoms with E-state index in [1.807, 2.05) is 36.4 Å². The standard InChI is InChI=1S/C22H25N3O2/c26-21(24-20-12-6-7-13-23-20)19(14-16-8-2-1-3-9-16)25-15-17-10-4-5-11-18(17)22(25)27/h4-7,10-13,16,19H,1-3,8-9,14-15H2,(H,23,24,26)/t19-/m0/s1. The van der Waals surface area contributed by atoms with Crippen LogP contribution in [0.4, 0.5) is 5.82 Å². The lowest BCUT2D eigenvalue weighted by atomic mass is 9.84. The zero-order valence-corrected chi connectivity index (χ0v) is 15.4. The van der Waals surface area contributed by atoms with Crippen molar-refractivity contribution in [2.75, 3.05) is 5.32 Å². The fourth-order valence-corrected chi connectivity index (χ4v) is 4.29. The first kappa shape index (κ1) is 17.7. The summed E-state index contributed by atoms with van der Waals surface area (Å²) in [5.41, 5.74) is 1.72. The topological polar surface area (TPSA) is 62.3 Å². The normalized spacial score (nSPS) is 18.2. The molecule has 0 radical (unpaired) electrons. The van der Waals surface area contributed by atoms with Gasteiger partial charge in [0.25, 0.3) is 5.91 Å². The summed E-state index contributed by atoms with van der Waals surface area (Å²) in [6, 6.07) is 12.6. The fourth-order valence-electron chi connectivity index (χ4n) is 4.29. The highest BCUT2D eigenvalue weighted by atomic mass is 16.2. The van der Waals surface area contributed by atoms with E-state index in [0.717, 1.165) is 30.4 Å². The molecule has 0 bridgehead atoms. The Morgan fingerprint density at radius 2 is 1.89 bits per heavy atom. The molecule has 0 spiro atoms. The number of hydrogen-bond acceptors (Lipinski definition) is 3. The maximum Gasteiger partial charge on any atom is 0.255 e. The minimum absolute atomic E-state index is 0.0393. The second kappa shape index (κ2) is 7.91. The zero-order chi connectivity index (χ0) is 18.6. The largest absolute Gasteiger partial charge is 0.322 e. The molecule has 1 saturated carbocycles. The number of amides is 2. The number of fused-ring (bicyclic) bond motifs is 1. The van der Waals surface area contributed by atoms with Crippen LogP contribution in [-0.2, 0) is 11.3 Å². The van der Waals surface area contributed by atoms with E-state index in [9.17, 15) is 9.59 Å². The highest BCUT2D eigenvalue weighted by Crippen LogP contribution is 2.32. The Bertz CT molecular complexity index is 815. The molecular weight excluding hydrogens is 338 g/mol. The SMILES string of the molecule is O=C(Nc1ccccn1)[C@H](CC1CCCCC1)N1Cc2ccccc2C1=O. The molecule has 140 valence electrons. The Morgan fingerprint density at radius 1 is 1.11 bits per heavy atom. The van der Waals surface area contributed by atoms with Crippen molar-refractivity contribution in [1.29, 1.82) is 0 Å². The van der Waals surface area contributed by atoms with E-state index in [-0.39, 0.29) is 11.8 Å². The first-order valence-electron chi connectivity index (χ1n) is 9.83. The number of benzene rings is 1. The van der Waals surface area contributed by atoms with E-state index < -0.39 is 6.04 Å². The van der Waals surface area contributed by atoms with E-state index in [2.05, 4.69) is 10.3 Å². The van der Waals surface area contributed by atoms with Gasteiger partial charge < -0.3 is 10.2 Å². The van der Waals surface area contributed by atoms with Crippen LogP contribution < -0.4 is 5.32 Å². The number of rotatable bonds is 5. The van der Waals surface area contributed by atoms with E-state index in [4.69, 9.17) is 0 Å². The van der Waals surface area contributed by atoms with Gasteiger partial charge in [0, 0.05) is 18.3 Å². The molecule has 2 heterocycles. The van der Waals surface area contributed by atoms with E-state index in [1.54, 1.807) is 17.2 Å². The first-order chi connectivity index (χ1) is 13.2. The molecule has 2 amide bonds. The molecule has 5 heteroatoms. The summed E-state index contributed by atoms with van der Waals surface area (Å²) < 4.78 is 0. The van der Waals surface area contributed by atoms with E-state index >= 15 is 0 Å². The number of nitrogens with one attached hydrogen (secondary N) is 1. The second-order valence-electron chi connectivity index (χ2n) is 7.55. The average molecular weight is 363 g/mol. The van der Waals surface area contributed by atoms with Crippen LogP contribution in [0.1, 0.15) is 54.4 Å². The Hall–Kier alpha value is -2.69. The summed E-state index contributed by atoms with van der Waals surface area (Å²) in [6.07, 6.45) is 8.36. The van der Waals surface area contributed by atoms with Crippen LogP contribution in [0.2, 0.25) is 0 Å². The van der Waals surface area contributed by atoms with Crippen molar-refractivity contribution < 1.29 is 9.59 Å². The van der Waals surface area contributed by atoms with Crippen molar-refractivity contribution in [3.05, 3.63) is 59.8 Å². The molecular formula is C22H25N3O2. The maximum absolute atomic E-state index is 13.1. The molecule has 4 rings (SSSR count). The number of hydrogen-bond donors (Lipinski definition) is 1. The fraction of sp³-hybridized carbons (Fsp3) is 0.409. The van der Waals surface area contributed by atoms with Gasteiger partial charge in [0.2, 0.25) is 5.91 Å². The van der Waals surface area contributed by atoms with Gasteiger partial charge in [0.1, 0.15) is 11.9 Å². The number of carbonyl (C=O) groups excluding carboxylic acids is 2. The number of pyridine rings is 1. The van der Waals surface area contributed by atoms with Crippen molar-refractivity contribution in [3.8, 4) is 0 Å². The smallest absolute Gasteiger partial charge is 0.255 e. The van der Waals surface area contributed by atoms with E-state index in [1.165, 1.54) is 19.3 Å². The number of aromatic nitrogens is 1. The Kier molecular flexibility index (Phi) is 5.19. The third-order valence-electron chi connectivity index (χ3n) is 5.73. The Balaban J connectivity index is 1.56. The highest BCUT2D eigenvalue weighted by molar-refractivity contribution is 6.03. The summed E-state index contributed by atoms with van der Waals surface area (Å²) >= 11 is 0. The summed E-state index contributed by atoms with van der Waals surface area (Å²) in [5.74, 6) is 0.845. The summed E-state index contributed by atoms with van der Waals surface area (Å²) in [5, 5.41) is 2.91. The Labute approximate surface area is 159 Å². The van der Waals surface area contributed by atoms with Crippen molar-refractivity contribution in [2.24, 2.45) is 5.92 Å². The molecule has 1 aliphatic carbocycles. The minimum atomic E-state index is -0.463. The molecule has 2 aromatic rings. The van der Waals surface area contributed by atoms with Crippen molar-refractivity contribution in [2.45, 2.75) is 51.1 Å². The number of anilines is 1. The molecule has 1 N–H and O–H groups in total. The van der Waals surface area contributed by atoms with Gasteiger partial charge in [-0.25, -0.2) is 4.98 Å². The Morgan fingerprint density at radius 3 is 2.63 bits per heavy atom. The van der Waals surface area contributed by atoms with Crippen LogP contribution in [0.5, 0.6) is 0 Å². The van der Waals surface area contributed by atoms with Crippen LogP contribution in [0.3, 0.4) is 0 Å². The van der Waals surface area contributed by atoms with E-state index in [0.29, 0.717) is 18.3 Å². The van der Waals surface area contributed by atoms with Crippen LogP contribution in [0.15, 0.2) is 48.7 Å². The van der Waals surface area contributed by atoms with Gasteiger partial charge in [0.05, 0.1) is 0 Å². The predicted molar refractivity (Wildman–Crippen MR) is 104 cm³/mol. The third kappa shape index (κ3) is 3.87. The molecule has 0 saturated heterocycles. The molecule has 5 nitrogen and oxygen atoms in total. The average Bonchev–Trinajstić information content (AvgIpc) is 3.04. The number of nitrogens with zero attached hydrogens (tertiary/aromatic N) is 2. The van der Waals surface area contributed by atoms with Gasteiger partial charge in [-0.15, -0.1) is 0 Å². The predicted octanol–water partition coefficient (Wildman–Crippen LogP) is 4.02. The molecule has 1 aromatic heterocycles. The quantitative estimate of drug-likeness (QED) is 0.873. The van der Waals surface area contributed by atoms with Crippen LogP contribution in [0.25, 0.3) is 0 Å². The number of carbonyl (C=O) groups is 2. The van der Waals surface area contributed by atoms with Crippen LogP contribution >= 0.6 is 0 Å². The van der Waals surface area contributed by atoms with Gasteiger partial charge in [-0.2, -0.15) is 0 Å². The lowest BCUT2D eigenvalue weighted by Crippen LogP contribution is -2.45. The highest BCUT2D eigenvalue weighted by Gasteiger charge is 2.37. The molecule has 0 unspecified atom stereocenters. The van der Waals surface area contributed by atoms with Gasteiger partial charge in [-0.3, -0.25) is 9.59 Å². The molecule has 27 heavy (non-hydrogen) atoms. The van der Waals surface area contributed by atoms with Crippen LogP contribution in [0, 0.1) is 5.92 Å². The molecule has 1 fully saturated rings. The van der Waals surface area contributed by atoms with Gasteiger partial charge in [-0.05, 0) is 36.1 Å². The summed E-state index contributed by atoms with van der Waals surface area (Å²) in [4.78, 5) is 32.0. The summed E-state index contributed by atoms with van der Waals surface area (Å²) in [6.45, 7) is 0.502. The van der Waals surface area contributed by atoms with Gasteiger partial charge in [0.15, 0.2) is 0 Å². The zero-order valence-electron chi connectivity index (χ0n) is 15.4.